The molecule has 2 rings (SSSR count). The fraction of sp³-hybridized carbons (Fsp3) is 0.538. The van der Waals surface area contributed by atoms with Crippen LogP contribution in [0.2, 0.25) is 0 Å². The van der Waals surface area contributed by atoms with Gasteiger partial charge in [-0.3, -0.25) is 0 Å². The first-order chi connectivity index (χ1) is 8.11. The maximum atomic E-state index is 13.9. The van der Waals surface area contributed by atoms with E-state index in [-0.39, 0.29) is 11.9 Å². The zero-order valence-corrected chi connectivity index (χ0v) is 10.2. The lowest BCUT2D eigenvalue weighted by atomic mass is 10.1. The summed E-state index contributed by atoms with van der Waals surface area (Å²) in [5.41, 5.74) is 1.20. The third-order valence-corrected chi connectivity index (χ3v) is 3.27. The van der Waals surface area contributed by atoms with Crippen LogP contribution in [-0.2, 0) is 4.74 Å². The predicted octanol–water partition coefficient (Wildman–Crippen LogP) is 2.10. The van der Waals surface area contributed by atoms with Crippen LogP contribution in [0.4, 0.5) is 10.1 Å². The molecule has 1 heterocycles. The van der Waals surface area contributed by atoms with E-state index in [1.165, 1.54) is 6.07 Å². The van der Waals surface area contributed by atoms with Crippen molar-refractivity contribution in [3.63, 3.8) is 0 Å². The second-order valence-electron chi connectivity index (χ2n) is 4.48. The van der Waals surface area contributed by atoms with Gasteiger partial charge in [-0.1, -0.05) is 6.07 Å². The van der Waals surface area contributed by atoms with Crippen molar-refractivity contribution in [3.8, 4) is 0 Å². The van der Waals surface area contributed by atoms with Gasteiger partial charge in [-0.2, -0.15) is 0 Å². The van der Waals surface area contributed by atoms with Gasteiger partial charge >= 0.3 is 0 Å². The van der Waals surface area contributed by atoms with Crippen molar-refractivity contribution in [2.24, 2.45) is 0 Å². The lowest BCUT2D eigenvalue weighted by Gasteiger charge is -2.20. The van der Waals surface area contributed by atoms with Crippen LogP contribution >= 0.6 is 0 Å². The summed E-state index contributed by atoms with van der Waals surface area (Å²) in [5.74, 6) is -0.278. The highest BCUT2D eigenvalue weighted by Crippen LogP contribution is 2.27. The summed E-state index contributed by atoms with van der Waals surface area (Å²) >= 11 is 0. The highest BCUT2D eigenvalue weighted by Gasteiger charge is 2.24. The largest absolute Gasteiger partial charge is 0.389 e. The van der Waals surface area contributed by atoms with Crippen LogP contribution in [0.25, 0.3) is 0 Å². The Morgan fingerprint density at radius 1 is 1.53 bits per heavy atom. The van der Waals surface area contributed by atoms with Gasteiger partial charge in [-0.15, -0.1) is 0 Å². The van der Waals surface area contributed by atoms with Gasteiger partial charge in [0.05, 0.1) is 17.9 Å². The van der Waals surface area contributed by atoms with Crippen molar-refractivity contribution >= 4 is 5.69 Å². The van der Waals surface area contributed by atoms with Crippen molar-refractivity contribution in [1.82, 2.24) is 0 Å². The summed E-state index contributed by atoms with van der Waals surface area (Å²) in [7, 11) is 1.68. The normalized spacial score (nSPS) is 21.9. The molecule has 1 aromatic rings. The highest BCUT2D eigenvalue weighted by molar-refractivity contribution is 5.50. The molecule has 1 N–H and O–H groups in total. The van der Waals surface area contributed by atoms with Crippen LogP contribution in [0.3, 0.4) is 0 Å². The molecule has 1 aromatic carbocycles. The number of ether oxygens (including phenoxy) is 1. The van der Waals surface area contributed by atoms with E-state index >= 15 is 0 Å². The van der Waals surface area contributed by atoms with E-state index in [0.717, 1.165) is 19.5 Å². The molecule has 0 spiro atoms. The third kappa shape index (κ3) is 2.58. The van der Waals surface area contributed by atoms with Gasteiger partial charge in [0.1, 0.15) is 5.82 Å². The number of aliphatic hydroxyl groups is 1. The third-order valence-electron chi connectivity index (χ3n) is 3.27. The minimum Gasteiger partial charge on any atom is -0.389 e. The minimum absolute atomic E-state index is 0.186. The highest BCUT2D eigenvalue weighted by atomic mass is 19.1. The van der Waals surface area contributed by atoms with Crippen LogP contribution < -0.4 is 4.90 Å². The monoisotopic (exact) mass is 239 g/mol. The van der Waals surface area contributed by atoms with E-state index in [9.17, 15) is 9.50 Å². The molecular formula is C13H18FNO2. The Labute approximate surface area is 101 Å². The topological polar surface area (TPSA) is 32.7 Å². The van der Waals surface area contributed by atoms with Gasteiger partial charge in [-0.25, -0.2) is 4.39 Å². The Morgan fingerprint density at radius 3 is 2.82 bits per heavy atom. The molecule has 1 aliphatic heterocycles. The average Bonchev–Trinajstić information content (AvgIpc) is 2.77. The Bertz CT molecular complexity index is 395. The summed E-state index contributed by atoms with van der Waals surface area (Å²) in [6.07, 6.45) is 0.475. The fourth-order valence-electron chi connectivity index (χ4n) is 2.18. The fourth-order valence-corrected chi connectivity index (χ4v) is 2.18. The molecule has 0 amide bonds. The minimum atomic E-state index is -0.635. The van der Waals surface area contributed by atoms with Gasteiger partial charge in [0.15, 0.2) is 0 Å². The van der Waals surface area contributed by atoms with E-state index in [4.69, 9.17) is 4.74 Å². The lowest BCUT2D eigenvalue weighted by Crippen LogP contribution is -2.23. The smallest absolute Gasteiger partial charge is 0.146 e. The number of nitrogens with zero attached hydrogens (tertiary/aromatic N) is 1. The maximum absolute atomic E-state index is 13.9. The van der Waals surface area contributed by atoms with Gasteiger partial charge in [0, 0.05) is 20.2 Å². The van der Waals surface area contributed by atoms with E-state index < -0.39 is 6.10 Å². The number of hydrogen-bond acceptors (Lipinski definition) is 3. The number of aliphatic hydroxyl groups excluding tert-OH is 1. The molecule has 1 saturated heterocycles. The Hall–Kier alpha value is -1.13. The zero-order valence-electron chi connectivity index (χ0n) is 10.2. The van der Waals surface area contributed by atoms with Crippen LogP contribution in [0.15, 0.2) is 18.2 Å². The molecule has 0 aliphatic carbocycles. The molecule has 2 unspecified atom stereocenters. The molecule has 94 valence electrons. The van der Waals surface area contributed by atoms with Crippen molar-refractivity contribution < 1.29 is 14.2 Å². The van der Waals surface area contributed by atoms with Crippen LogP contribution in [0.5, 0.6) is 0 Å². The van der Waals surface area contributed by atoms with Crippen LogP contribution in [-0.4, -0.2) is 31.4 Å². The molecule has 0 bridgehead atoms. The SMILES string of the molecule is COC1CCN(c2ccc(C(C)O)cc2F)C1. The summed E-state index contributed by atoms with van der Waals surface area (Å²) in [6, 6.07) is 4.90. The van der Waals surface area contributed by atoms with Crippen LogP contribution in [0, 0.1) is 5.82 Å². The Morgan fingerprint density at radius 2 is 2.29 bits per heavy atom. The number of benzene rings is 1. The maximum Gasteiger partial charge on any atom is 0.146 e. The number of hydrogen-bond donors (Lipinski definition) is 1. The van der Waals surface area contributed by atoms with Crippen molar-refractivity contribution in [3.05, 3.63) is 29.6 Å². The van der Waals surface area contributed by atoms with Crippen molar-refractivity contribution in [2.45, 2.75) is 25.6 Å². The number of halogens is 1. The van der Waals surface area contributed by atoms with Crippen LogP contribution in [0.1, 0.15) is 25.0 Å². The molecule has 2 atom stereocenters. The van der Waals surface area contributed by atoms with Gasteiger partial charge in [-0.05, 0) is 31.0 Å². The molecule has 0 aromatic heterocycles. The van der Waals surface area contributed by atoms with E-state index in [0.29, 0.717) is 11.3 Å². The van der Waals surface area contributed by atoms with E-state index in [1.807, 2.05) is 4.90 Å². The van der Waals surface area contributed by atoms with Crippen molar-refractivity contribution in [1.29, 1.82) is 0 Å². The first-order valence-electron chi connectivity index (χ1n) is 5.87. The molecule has 0 radical (unpaired) electrons. The van der Waals surface area contributed by atoms with E-state index in [1.54, 1.807) is 26.2 Å². The average molecular weight is 239 g/mol. The summed E-state index contributed by atoms with van der Waals surface area (Å²) in [6.45, 7) is 3.16. The first kappa shape index (κ1) is 12.3. The van der Waals surface area contributed by atoms with Gasteiger partial charge < -0.3 is 14.7 Å². The summed E-state index contributed by atoms with van der Waals surface area (Å²) in [4.78, 5) is 1.98. The Balaban J connectivity index is 2.17. The standard InChI is InChI=1S/C13H18FNO2/c1-9(16)10-3-4-13(12(14)7-10)15-6-5-11(8-15)17-2/h3-4,7,9,11,16H,5-6,8H2,1-2H3. The molecule has 17 heavy (non-hydrogen) atoms. The second-order valence-corrected chi connectivity index (χ2v) is 4.48. The molecule has 3 nitrogen and oxygen atoms in total. The quantitative estimate of drug-likeness (QED) is 0.876. The summed E-state index contributed by atoms with van der Waals surface area (Å²) < 4.78 is 19.2. The molecule has 4 heteroatoms. The molecule has 0 saturated carbocycles. The summed E-state index contributed by atoms with van der Waals surface area (Å²) in [5, 5.41) is 9.38. The zero-order chi connectivity index (χ0) is 12.4. The number of methoxy groups -OCH3 is 1. The molecule has 1 fully saturated rings. The number of rotatable bonds is 3. The van der Waals surface area contributed by atoms with Gasteiger partial charge in [0.25, 0.3) is 0 Å². The van der Waals surface area contributed by atoms with Crippen molar-refractivity contribution in [2.75, 3.05) is 25.1 Å². The number of anilines is 1. The first-order valence-corrected chi connectivity index (χ1v) is 5.87. The lowest BCUT2D eigenvalue weighted by molar-refractivity contribution is 0.121. The van der Waals surface area contributed by atoms with Gasteiger partial charge in [0.2, 0.25) is 0 Å². The van der Waals surface area contributed by atoms with E-state index in [2.05, 4.69) is 0 Å². The second kappa shape index (κ2) is 5.02. The Kier molecular flexibility index (Phi) is 3.64. The molecule has 1 aliphatic rings. The molecular weight excluding hydrogens is 221 g/mol. The predicted molar refractivity (Wildman–Crippen MR) is 64.7 cm³/mol.